The molecule has 1 aliphatic heterocycles. The van der Waals surface area contributed by atoms with Gasteiger partial charge in [-0.15, -0.1) is 0 Å². The summed E-state index contributed by atoms with van der Waals surface area (Å²) in [5.74, 6) is 0.940. The molecule has 1 atom stereocenters. The van der Waals surface area contributed by atoms with E-state index < -0.39 is 0 Å². The second-order valence-electron chi connectivity index (χ2n) is 9.14. The zero-order valence-electron chi connectivity index (χ0n) is 20.9. The Morgan fingerprint density at radius 2 is 1.81 bits per heavy atom. The predicted octanol–water partition coefficient (Wildman–Crippen LogP) is 5.86. The number of aryl methyl sites for hydroxylation is 1. The van der Waals surface area contributed by atoms with Gasteiger partial charge in [-0.25, -0.2) is 4.79 Å². The molecule has 1 aliphatic rings. The van der Waals surface area contributed by atoms with Crippen molar-refractivity contribution in [2.45, 2.75) is 38.5 Å². The first-order chi connectivity index (χ1) is 17.6. The maximum atomic E-state index is 12.9. The van der Waals surface area contributed by atoms with Crippen LogP contribution in [0.5, 0.6) is 5.75 Å². The van der Waals surface area contributed by atoms with E-state index in [1.807, 2.05) is 72.5 Å². The number of benzene rings is 3. The van der Waals surface area contributed by atoms with E-state index in [0.717, 1.165) is 49.2 Å². The SMILES string of the molecule is CCOc1ccc(NC(=O)N2CCC[C@@H](c3cccc(C(=O)NCCCc4ccccc4)c3)C2)cc1. The number of rotatable bonds is 9. The maximum Gasteiger partial charge on any atom is 0.321 e. The summed E-state index contributed by atoms with van der Waals surface area (Å²) < 4.78 is 5.47. The molecule has 0 aliphatic carbocycles. The molecule has 4 rings (SSSR count). The van der Waals surface area contributed by atoms with Crippen molar-refractivity contribution in [2.75, 3.05) is 31.6 Å². The maximum absolute atomic E-state index is 12.9. The van der Waals surface area contributed by atoms with Gasteiger partial charge in [0, 0.05) is 36.8 Å². The Kier molecular flexibility index (Phi) is 8.98. The number of carbonyl (C=O) groups excluding carboxylic acids is 2. The smallest absolute Gasteiger partial charge is 0.321 e. The van der Waals surface area contributed by atoms with Gasteiger partial charge in [0.2, 0.25) is 0 Å². The average molecular weight is 486 g/mol. The highest BCUT2D eigenvalue weighted by Crippen LogP contribution is 2.28. The third-order valence-electron chi connectivity index (χ3n) is 6.52. The van der Waals surface area contributed by atoms with Gasteiger partial charge in [0.15, 0.2) is 0 Å². The third kappa shape index (κ3) is 7.11. The van der Waals surface area contributed by atoms with E-state index >= 15 is 0 Å². The minimum absolute atomic E-state index is 0.0502. The third-order valence-corrected chi connectivity index (χ3v) is 6.52. The summed E-state index contributed by atoms with van der Waals surface area (Å²) in [5, 5.41) is 6.03. The van der Waals surface area contributed by atoms with Gasteiger partial charge in [0.1, 0.15) is 5.75 Å². The second-order valence-corrected chi connectivity index (χ2v) is 9.14. The lowest BCUT2D eigenvalue weighted by Crippen LogP contribution is -2.41. The van der Waals surface area contributed by atoms with Gasteiger partial charge in [-0.3, -0.25) is 4.79 Å². The van der Waals surface area contributed by atoms with Gasteiger partial charge < -0.3 is 20.3 Å². The van der Waals surface area contributed by atoms with Crippen LogP contribution in [0, 0.1) is 0 Å². The Bertz CT molecular complexity index is 1130. The number of anilines is 1. The first kappa shape index (κ1) is 25.3. The molecule has 0 bridgehead atoms. The number of hydrogen-bond acceptors (Lipinski definition) is 3. The van der Waals surface area contributed by atoms with Gasteiger partial charge >= 0.3 is 6.03 Å². The quantitative estimate of drug-likeness (QED) is 0.373. The van der Waals surface area contributed by atoms with Crippen LogP contribution in [-0.2, 0) is 6.42 Å². The summed E-state index contributed by atoms with van der Waals surface area (Å²) in [7, 11) is 0. The van der Waals surface area contributed by atoms with E-state index in [4.69, 9.17) is 4.74 Å². The fourth-order valence-corrected chi connectivity index (χ4v) is 4.61. The summed E-state index contributed by atoms with van der Waals surface area (Å²) in [4.78, 5) is 27.5. The number of nitrogens with one attached hydrogen (secondary N) is 2. The minimum Gasteiger partial charge on any atom is -0.494 e. The number of piperidine rings is 1. The van der Waals surface area contributed by atoms with Crippen molar-refractivity contribution in [3.8, 4) is 5.75 Å². The highest BCUT2D eigenvalue weighted by Gasteiger charge is 2.25. The summed E-state index contributed by atoms with van der Waals surface area (Å²) in [5.41, 5.74) is 3.80. The van der Waals surface area contributed by atoms with Crippen LogP contribution in [-0.4, -0.2) is 43.1 Å². The first-order valence-electron chi connectivity index (χ1n) is 12.8. The van der Waals surface area contributed by atoms with Crippen molar-refractivity contribution in [1.29, 1.82) is 0 Å². The highest BCUT2D eigenvalue weighted by molar-refractivity contribution is 5.94. The number of nitrogens with zero attached hydrogens (tertiary/aromatic N) is 1. The summed E-state index contributed by atoms with van der Waals surface area (Å²) >= 11 is 0. The molecule has 1 saturated heterocycles. The minimum atomic E-state index is -0.101. The van der Waals surface area contributed by atoms with Gasteiger partial charge in [0.05, 0.1) is 6.61 Å². The Morgan fingerprint density at radius 1 is 1.00 bits per heavy atom. The molecule has 0 radical (unpaired) electrons. The van der Waals surface area contributed by atoms with Crippen LogP contribution in [0.1, 0.15) is 53.6 Å². The zero-order chi connectivity index (χ0) is 25.2. The molecule has 3 aromatic rings. The van der Waals surface area contributed by atoms with E-state index in [2.05, 4.69) is 28.8 Å². The number of hydrogen-bond donors (Lipinski definition) is 2. The number of carbonyl (C=O) groups is 2. The van der Waals surface area contributed by atoms with Crippen molar-refractivity contribution in [3.63, 3.8) is 0 Å². The molecular weight excluding hydrogens is 450 g/mol. The molecule has 2 N–H and O–H groups in total. The monoisotopic (exact) mass is 485 g/mol. The molecule has 188 valence electrons. The largest absolute Gasteiger partial charge is 0.494 e. The van der Waals surface area contributed by atoms with E-state index in [-0.39, 0.29) is 17.9 Å². The number of likely N-dealkylation sites (tertiary alicyclic amines) is 1. The molecule has 6 heteroatoms. The van der Waals surface area contributed by atoms with Gasteiger partial charge in [-0.2, -0.15) is 0 Å². The predicted molar refractivity (Wildman–Crippen MR) is 144 cm³/mol. The van der Waals surface area contributed by atoms with Crippen LogP contribution in [0.2, 0.25) is 0 Å². The number of amides is 3. The average Bonchev–Trinajstić information content (AvgIpc) is 2.93. The van der Waals surface area contributed by atoms with E-state index in [9.17, 15) is 9.59 Å². The van der Waals surface area contributed by atoms with Crippen molar-refractivity contribution < 1.29 is 14.3 Å². The van der Waals surface area contributed by atoms with Crippen LogP contribution >= 0.6 is 0 Å². The standard InChI is InChI=1S/C30H35N3O3/c1-2-36-28-17-15-27(16-18-28)32-30(35)33-20-8-14-26(22-33)24-12-6-13-25(21-24)29(34)31-19-7-11-23-9-4-3-5-10-23/h3-6,9-10,12-13,15-18,21,26H,2,7-8,11,14,19-20,22H2,1H3,(H,31,34)(H,32,35)/t26-/m1/s1. The van der Waals surface area contributed by atoms with Crippen molar-refractivity contribution in [1.82, 2.24) is 10.2 Å². The summed E-state index contributed by atoms with van der Waals surface area (Å²) in [6.07, 6.45) is 3.76. The molecule has 36 heavy (non-hydrogen) atoms. The summed E-state index contributed by atoms with van der Waals surface area (Å²) in [6.45, 7) is 4.54. The van der Waals surface area contributed by atoms with Crippen LogP contribution in [0.3, 0.4) is 0 Å². The van der Waals surface area contributed by atoms with Gasteiger partial charge in [-0.05, 0) is 80.1 Å². The lowest BCUT2D eigenvalue weighted by atomic mass is 9.89. The second kappa shape index (κ2) is 12.8. The van der Waals surface area contributed by atoms with Crippen molar-refractivity contribution in [3.05, 3.63) is 95.6 Å². The van der Waals surface area contributed by atoms with E-state index in [1.54, 1.807) is 0 Å². The Balaban J connectivity index is 1.29. The lowest BCUT2D eigenvalue weighted by molar-refractivity contribution is 0.0953. The molecule has 0 aromatic heterocycles. The fourth-order valence-electron chi connectivity index (χ4n) is 4.61. The zero-order valence-corrected chi connectivity index (χ0v) is 20.9. The van der Waals surface area contributed by atoms with E-state index in [1.165, 1.54) is 5.56 Å². The van der Waals surface area contributed by atoms with E-state index in [0.29, 0.717) is 25.3 Å². The summed E-state index contributed by atoms with van der Waals surface area (Å²) in [6, 6.07) is 25.5. The Hall–Kier alpha value is -3.80. The van der Waals surface area contributed by atoms with Crippen LogP contribution < -0.4 is 15.4 Å². The molecular formula is C30H35N3O3. The van der Waals surface area contributed by atoms with Gasteiger partial charge in [-0.1, -0.05) is 42.5 Å². The molecule has 3 amide bonds. The number of urea groups is 1. The Labute approximate surface area is 213 Å². The molecule has 3 aromatic carbocycles. The molecule has 6 nitrogen and oxygen atoms in total. The fraction of sp³-hybridized carbons (Fsp3) is 0.333. The molecule has 1 fully saturated rings. The normalized spacial score (nSPS) is 15.2. The number of ether oxygens (including phenoxy) is 1. The van der Waals surface area contributed by atoms with Crippen molar-refractivity contribution >= 4 is 17.6 Å². The molecule has 0 spiro atoms. The van der Waals surface area contributed by atoms with Gasteiger partial charge in [0.25, 0.3) is 5.91 Å². The van der Waals surface area contributed by atoms with Crippen LogP contribution in [0.25, 0.3) is 0 Å². The molecule has 1 heterocycles. The Morgan fingerprint density at radius 3 is 2.58 bits per heavy atom. The topological polar surface area (TPSA) is 70.7 Å². The molecule has 0 saturated carbocycles. The first-order valence-corrected chi connectivity index (χ1v) is 12.8. The van der Waals surface area contributed by atoms with Crippen LogP contribution in [0.4, 0.5) is 10.5 Å². The van der Waals surface area contributed by atoms with Crippen LogP contribution in [0.15, 0.2) is 78.9 Å². The highest BCUT2D eigenvalue weighted by atomic mass is 16.5. The lowest BCUT2D eigenvalue weighted by Gasteiger charge is -2.33. The molecule has 0 unspecified atom stereocenters. The van der Waals surface area contributed by atoms with Crippen molar-refractivity contribution in [2.24, 2.45) is 0 Å².